The van der Waals surface area contributed by atoms with Crippen LogP contribution in [-0.2, 0) is 0 Å². The van der Waals surface area contributed by atoms with Gasteiger partial charge in [-0.15, -0.1) is 0 Å². The molecule has 1 aliphatic carbocycles. The minimum absolute atomic E-state index is 0.301. The molecule has 0 atom stereocenters. The molecule has 1 fully saturated rings. The van der Waals surface area contributed by atoms with Gasteiger partial charge < -0.3 is 22.1 Å². The van der Waals surface area contributed by atoms with E-state index in [0.717, 1.165) is 18.5 Å². The second-order valence-corrected chi connectivity index (χ2v) is 5.34. The van der Waals surface area contributed by atoms with E-state index in [-0.39, 0.29) is 0 Å². The van der Waals surface area contributed by atoms with Crippen molar-refractivity contribution in [3.63, 3.8) is 0 Å². The van der Waals surface area contributed by atoms with E-state index < -0.39 is 5.91 Å². The number of hydrogen-bond donors (Lipinski definition) is 4. The average Bonchev–Trinajstić information content (AvgIpc) is 2.45. The zero-order chi connectivity index (χ0) is 15.5. The number of nitrogen functional groups attached to an aromatic ring is 1. The molecule has 114 valence electrons. The number of carbonyl (C=O) groups is 1. The number of primary amides is 1. The molecule has 1 aromatic heterocycles. The predicted molar refractivity (Wildman–Crippen MR) is 85.9 cm³/mol. The van der Waals surface area contributed by atoms with Crippen LogP contribution in [0.25, 0.3) is 0 Å². The molecular weight excluding hydrogens is 280 g/mol. The highest BCUT2D eigenvalue weighted by molar-refractivity contribution is 5.97. The van der Waals surface area contributed by atoms with Crippen LogP contribution in [0.4, 0.5) is 23.1 Å². The Morgan fingerprint density at radius 3 is 2.55 bits per heavy atom. The quantitative estimate of drug-likeness (QED) is 0.626. The lowest BCUT2D eigenvalue weighted by molar-refractivity contribution is 0.100. The van der Waals surface area contributed by atoms with Crippen LogP contribution in [0.2, 0.25) is 0 Å². The summed E-state index contributed by atoms with van der Waals surface area (Å²) in [4.78, 5) is 20.0. The van der Waals surface area contributed by atoms with Crippen molar-refractivity contribution in [2.75, 3.05) is 16.4 Å². The lowest BCUT2D eigenvalue weighted by Crippen LogP contribution is -2.29. The molecule has 22 heavy (non-hydrogen) atoms. The van der Waals surface area contributed by atoms with Crippen LogP contribution in [0.15, 0.2) is 30.5 Å². The van der Waals surface area contributed by atoms with Gasteiger partial charge in [0.05, 0.1) is 5.56 Å². The zero-order valence-electron chi connectivity index (χ0n) is 12.0. The summed E-state index contributed by atoms with van der Waals surface area (Å²) >= 11 is 0. The first-order valence-corrected chi connectivity index (χ1v) is 7.18. The molecular formula is C15H18N6O. The Morgan fingerprint density at radius 2 is 1.95 bits per heavy atom. The maximum atomic E-state index is 11.5. The van der Waals surface area contributed by atoms with Gasteiger partial charge in [0.2, 0.25) is 5.95 Å². The fourth-order valence-electron chi connectivity index (χ4n) is 2.17. The van der Waals surface area contributed by atoms with Gasteiger partial charge >= 0.3 is 0 Å². The van der Waals surface area contributed by atoms with Crippen LogP contribution in [0.3, 0.4) is 0 Å². The number of nitrogens with zero attached hydrogens (tertiary/aromatic N) is 2. The number of carbonyl (C=O) groups excluding carboxylic acids is 1. The summed E-state index contributed by atoms with van der Waals surface area (Å²) in [6.07, 6.45) is 4.77. The Hall–Kier alpha value is -2.83. The van der Waals surface area contributed by atoms with E-state index in [4.69, 9.17) is 11.5 Å². The molecule has 0 saturated heterocycles. The molecule has 1 heterocycles. The number of rotatable bonds is 5. The van der Waals surface area contributed by atoms with Crippen molar-refractivity contribution in [3.05, 3.63) is 36.0 Å². The van der Waals surface area contributed by atoms with Crippen molar-refractivity contribution >= 4 is 29.0 Å². The van der Waals surface area contributed by atoms with Gasteiger partial charge in [-0.2, -0.15) is 4.98 Å². The van der Waals surface area contributed by atoms with Crippen LogP contribution in [0, 0.1) is 0 Å². The summed E-state index contributed by atoms with van der Waals surface area (Å²) in [6, 6.07) is 7.58. The van der Waals surface area contributed by atoms with Gasteiger partial charge in [0, 0.05) is 23.6 Å². The largest absolute Gasteiger partial charge is 0.399 e. The first-order valence-electron chi connectivity index (χ1n) is 7.18. The van der Waals surface area contributed by atoms with Crippen LogP contribution in [0.5, 0.6) is 0 Å². The highest BCUT2D eigenvalue weighted by Gasteiger charge is 2.21. The predicted octanol–water partition coefficient (Wildman–Crippen LogP) is 1.87. The molecule has 1 amide bonds. The normalized spacial score (nSPS) is 14.2. The van der Waals surface area contributed by atoms with Crippen molar-refractivity contribution in [1.82, 2.24) is 9.97 Å². The number of anilines is 4. The molecule has 2 aromatic rings. The summed E-state index contributed by atoms with van der Waals surface area (Å²) in [6.45, 7) is 0. The van der Waals surface area contributed by atoms with Crippen LogP contribution < -0.4 is 22.1 Å². The molecule has 0 spiro atoms. The number of benzene rings is 1. The number of hydrogen-bond acceptors (Lipinski definition) is 6. The fraction of sp³-hybridized carbons (Fsp3) is 0.267. The Kier molecular flexibility index (Phi) is 3.78. The van der Waals surface area contributed by atoms with E-state index in [2.05, 4.69) is 20.6 Å². The number of aromatic nitrogens is 2. The Bertz CT molecular complexity index is 681. The maximum Gasteiger partial charge on any atom is 0.254 e. The van der Waals surface area contributed by atoms with Crippen molar-refractivity contribution in [2.45, 2.75) is 25.3 Å². The number of amides is 1. The van der Waals surface area contributed by atoms with E-state index in [9.17, 15) is 4.79 Å². The first kappa shape index (κ1) is 14.1. The van der Waals surface area contributed by atoms with Gasteiger partial charge in [-0.25, -0.2) is 4.98 Å². The van der Waals surface area contributed by atoms with Crippen molar-refractivity contribution in [3.8, 4) is 0 Å². The third-order valence-corrected chi connectivity index (χ3v) is 3.67. The van der Waals surface area contributed by atoms with Gasteiger partial charge in [-0.05, 0) is 43.5 Å². The second-order valence-electron chi connectivity index (χ2n) is 5.34. The smallest absolute Gasteiger partial charge is 0.254 e. The van der Waals surface area contributed by atoms with E-state index in [0.29, 0.717) is 29.1 Å². The lowest BCUT2D eigenvalue weighted by atomic mass is 9.93. The van der Waals surface area contributed by atoms with E-state index in [1.165, 1.54) is 12.6 Å². The molecule has 3 rings (SSSR count). The average molecular weight is 298 g/mol. The number of nitrogens with two attached hydrogens (primary N) is 2. The molecule has 1 aliphatic rings. The minimum Gasteiger partial charge on any atom is -0.399 e. The summed E-state index contributed by atoms with van der Waals surface area (Å²) in [7, 11) is 0. The van der Waals surface area contributed by atoms with Crippen molar-refractivity contribution in [1.29, 1.82) is 0 Å². The van der Waals surface area contributed by atoms with Crippen LogP contribution in [0.1, 0.15) is 29.6 Å². The van der Waals surface area contributed by atoms with Gasteiger partial charge in [0.25, 0.3) is 5.91 Å². The Morgan fingerprint density at radius 1 is 1.23 bits per heavy atom. The van der Waals surface area contributed by atoms with Gasteiger partial charge in [0.1, 0.15) is 5.82 Å². The summed E-state index contributed by atoms with van der Waals surface area (Å²) in [5.41, 5.74) is 12.8. The molecule has 0 radical (unpaired) electrons. The maximum absolute atomic E-state index is 11.5. The molecule has 0 aliphatic heterocycles. The minimum atomic E-state index is -0.541. The second kappa shape index (κ2) is 5.88. The van der Waals surface area contributed by atoms with E-state index in [1.807, 2.05) is 12.1 Å². The molecule has 6 N–H and O–H groups in total. The summed E-state index contributed by atoms with van der Waals surface area (Å²) < 4.78 is 0. The molecule has 0 bridgehead atoms. The van der Waals surface area contributed by atoms with Crippen molar-refractivity contribution in [2.24, 2.45) is 5.73 Å². The molecule has 0 unspecified atom stereocenters. The SMILES string of the molecule is NC(=O)c1cnc(Nc2ccc(N)cc2)nc1NC1CCC1. The summed E-state index contributed by atoms with van der Waals surface area (Å²) in [5.74, 6) is 0.336. The van der Waals surface area contributed by atoms with Gasteiger partial charge in [-0.3, -0.25) is 4.79 Å². The molecule has 1 saturated carbocycles. The standard InChI is InChI=1S/C15H18N6O/c16-9-4-6-11(7-5-9)20-15-18-8-12(13(17)22)14(21-15)19-10-2-1-3-10/h4-8,10H,1-3,16H2,(H2,17,22)(H2,18,19,20,21). The van der Waals surface area contributed by atoms with Gasteiger partial charge in [-0.1, -0.05) is 0 Å². The summed E-state index contributed by atoms with van der Waals surface area (Å²) in [5, 5.41) is 6.33. The monoisotopic (exact) mass is 298 g/mol. The molecule has 1 aromatic carbocycles. The van der Waals surface area contributed by atoms with Crippen LogP contribution in [-0.4, -0.2) is 21.9 Å². The highest BCUT2D eigenvalue weighted by atomic mass is 16.1. The lowest BCUT2D eigenvalue weighted by Gasteiger charge is -2.27. The zero-order valence-corrected chi connectivity index (χ0v) is 12.0. The topological polar surface area (TPSA) is 119 Å². The molecule has 7 nitrogen and oxygen atoms in total. The van der Waals surface area contributed by atoms with Gasteiger partial charge in [0.15, 0.2) is 0 Å². The Balaban J connectivity index is 1.83. The highest BCUT2D eigenvalue weighted by Crippen LogP contribution is 2.25. The molecule has 7 heteroatoms. The first-order chi connectivity index (χ1) is 10.6. The third-order valence-electron chi connectivity index (χ3n) is 3.67. The number of nitrogens with one attached hydrogen (secondary N) is 2. The van der Waals surface area contributed by atoms with E-state index >= 15 is 0 Å². The van der Waals surface area contributed by atoms with Crippen molar-refractivity contribution < 1.29 is 4.79 Å². The fourth-order valence-corrected chi connectivity index (χ4v) is 2.17. The Labute approximate surface area is 128 Å². The third kappa shape index (κ3) is 3.08. The van der Waals surface area contributed by atoms with E-state index in [1.54, 1.807) is 12.1 Å². The van der Waals surface area contributed by atoms with Crippen LogP contribution >= 0.6 is 0 Å².